The Labute approximate surface area is 168 Å². The second kappa shape index (κ2) is 8.34. The van der Waals surface area contributed by atoms with E-state index < -0.39 is 5.97 Å². The fourth-order valence-electron chi connectivity index (χ4n) is 4.06. The minimum atomic E-state index is -0.799. The number of rotatable bonds is 5. The molecule has 1 aromatic heterocycles. The van der Waals surface area contributed by atoms with Crippen molar-refractivity contribution in [1.82, 2.24) is 14.9 Å². The van der Waals surface area contributed by atoms with Gasteiger partial charge in [-0.1, -0.05) is 30.3 Å². The number of hydrogen-bond acceptors (Lipinski definition) is 3. The van der Waals surface area contributed by atoms with Crippen LogP contribution in [0.5, 0.6) is 0 Å². The molecule has 0 aliphatic carbocycles. The number of H-pyrrole nitrogens is 1. The highest BCUT2D eigenvalue weighted by atomic mass is 16.4. The summed E-state index contributed by atoms with van der Waals surface area (Å²) in [6.45, 7) is 1.06. The lowest BCUT2D eigenvalue weighted by atomic mass is 9.81. The second-order valence-electron chi connectivity index (χ2n) is 7.55. The van der Waals surface area contributed by atoms with Crippen molar-refractivity contribution < 1.29 is 14.7 Å². The maximum absolute atomic E-state index is 12.7. The maximum atomic E-state index is 12.7. The van der Waals surface area contributed by atoms with Gasteiger partial charge in [-0.3, -0.25) is 4.79 Å². The SMILES string of the molecule is O=C(O)C[C@@H]1CCN(C(=O)Nc2ccccc2)C[C@@H]1Cc1nc2ccccc2[nH]1. The number of carbonyl (C=O) groups is 2. The van der Waals surface area contributed by atoms with Crippen LogP contribution < -0.4 is 5.32 Å². The smallest absolute Gasteiger partial charge is 0.321 e. The van der Waals surface area contributed by atoms with Crippen molar-refractivity contribution in [3.8, 4) is 0 Å². The van der Waals surface area contributed by atoms with Crippen LogP contribution >= 0.6 is 0 Å². The average Bonchev–Trinajstić information content (AvgIpc) is 3.12. The Balaban J connectivity index is 1.49. The number of nitrogens with zero attached hydrogens (tertiary/aromatic N) is 2. The molecule has 0 spiro atoms. The molecule has 0 unspecified atom stereocenters. The Morgan fingerprint density at radius 1 is 1.10 bits per heavy atom. The van der Waals surface area contributed by atoms with E-state index in [4.69, 9.17) is 0 Å². The number of likely N-dealkylation sites (tertiary alicyclic amines) is 1. The van der Waals surface area contributed by atoms with E-state index in [0.29, 0.717) is 25.9 Å². The lowest BCUT2D eigenvalue weighted by molar-refractivity contribution is -0.139. The summed E-state index contributed by atoms with van der Waals surface area (Å²) in [6.07, 6.45) is 1.39. The van der Waals surface area contributed by atoms with E-state index in [9.17, 15) is 14.7 Å². The minimum Gasteiger partial charge on any atom is -0.481 e. The van der Waals surface area contributed by atoms with Gasteiger partial charge in [0.25, 0.3) is 0 Å². The molecule has 0 bridgehead atoms. The van der Waals surface area contributed by atoms with Gasteiger partial charge in [0.05, 0.1) is 11.0 Å². The lowest BCUT2D eigenvalue weighted by Gasteiger charge is -2.37. The third kappa shape index (κ3) is 4.56. The van der Waals surface area contributed by atoms with Crippen molar-refractivity contribution in [2.45, 2.75) is 19.3 Å². The van der Waals surface area contributed by atoms with E-state index >= 15 is 0 Å². The second-order valence-corrected chi connectivity index (χ2v) is 7.55. The van der Waals surface area contributed by atoms with Gasteiger partial charge in [-0.05, 0) is 42.5 Å². The molecule has 0 radical (unpaired) electrons. The standard InChI is InChI=1S/C22H24N4O3/c27-21(28)13-15-10-11-26(22(29)23-17-6-2-1-3-7-17)14-16(15)12-20-24-18-8-4-5-9-19(18)25-20/h1-9,15-16H,10-14H2,(H,23,29)(H,24,25)(H,27,28)/t15-,16-/m0/s1. The number of anilines is 1. The predicted octanol–water partition coefficient (Wildman–Crippen LogP) is 3.75. The van der Waals surface area contributed by atoms with Crippen LogP contribution in [-0.2, 0) is 11.2 Å². The number of piperidine rings is 1. The number of fused-ring (bicyclic) bond motifs is 1. The van der Waals surface area contributed by atoms with Crippen molar-refractivity contribution in [1.29, 1.82) is 0 Å². The van der Waals surface area contributed by atoms with Crippen molar-refractivity contribution in [3.63, 3.8) is 0 Å². The topological polar surface area (TPSA) is 98.3 Å². The van der Waals surface area contributed by atoms with Gasteiger partial charge in [-0.2, -0.15) is 0 Å². The van der Waals surface area contributed by atoms with E-state index in [2.05, 4.69) is 15.3 Å². The van der Waals surface area contributed by atoms with Crippen LogP contribution in [0.1, 0.15) is 18.7 Å². The van der Waals surface area contributed by atoms with Gasteiger partial charge < -0.3 is 20.3 Å². The van der Waals surface area contributed by atoms with Crippen molar-refractivity contribution in [2.75, 3.05) is 18.4 Å². The molecule has 2 aromatic carbocycles. The number of benzene rings is 2. The minimum absolute atomic E-state index is 0.0153. The fraction of sp³-hybridized carbons (Fsp3) is 0.318. The third-order valence-electron chi connectivity index (χ3n) is 5.53. The molecule has 0 saturated carbocycles. The Kier molecular flexibility index (Phi) is 5.46. The molecule has 1 saturated heterocycles. The van der Waals surface area contributed by atoms with Crippen molar-refractivity contribution >= 4 is 28.7 Å². The van der Waals surface area contributed by atoms with E-state index in [1.807, 2.05) is 54.6 Å². The number of aromatic nitrogens is 2. The van der Waals surface area contributed by atoms with Crippen LogP contribution in [0.4, 0.5) is 10.5 Å². The summed E-state index contributed by atoms with van der Waals surface area (Å²) in [5.74, 6) is 0.0760. The van der Waals surface area contributed by atoms with Crippen LogP contribution in [0.2, 0.25) is 0 Å². The first kappa shape index (κ1) is 19.0. The first-order valence-electron chi connectivity index (χ1n) is 9.85. The lowest BCUT2D eigenvalue weighted by Crippen LogP contribution is -2.46. The third-order valence-corrected chi connectivity index (χ3v) is 5.53. The molecular formula is C22H24N4O3. The molecule has 3 aromatic rings. The van der Waals surface area contributed by atoms with Gasteiger partial charge in [-0.15, -0.1) is 0 Å². The highest BCUT2D eigenvalue weighted by Crippen LogP contribution is 2.30. The number of amides is 2. The van der Waals surface area contributed by atoms with Gasteiger partial charge >= 0.3 is 12.0 Å². The number of para-hydroxylation sites is 3. The number of imidazole rings is 1. The molecule has 29 heavy (non-hydrogen) atoms. The summed E-state index contributed by atoms with van der Waals surface area (Å²) in [6, 6.07) is 17.0. The quantitative estimate of drug-likeness (QED) is 0.616. The number of carboxylic acid groups (broad SMARTS) is 1. The maximum Gasteiger partial charge on any atom is 0.321 e. The van der Waals surface area contributed by atoms with E-state index in [1.165, 1.54) is 0 Å². The number of urea groups is 1. The fourth-order valence-corrected chi connectivity index (χ4v) is 4.06. The highest BCUT2D eigenvalue weighted by Gasteiger charge is 2.33. The molecule has 2 heterocycles. The Bertz CT molecular complexity index is 968. The van der Waals surface area contributed by atoms with Crippen LogP contribution in [0.25, 0.3) is 11.0 Å². The molecule has 1 fully saturated rings. The molecular weight excluding hydrogens is 368 g/mol. The van der Waals surface area contributed by atoms with E-state index in [1.54, 1.807) is 4.90 Å². The number of aliphatic carboxylic acids is 1. The molecule has 150 valence electrons. The Hall–Kier alpha value is -3.35. The largest absolute Gasteiger partial charge is 0.481 e. The van der Waals surface area contributed by atoms with Crippen LogP contribution in [0, 0.1) is 11.8 Å². The number of hydrogen-bond donors (Lipinski definition) is 3. The summed E-state index contributed by atoms with van der Waals surface area (Å²) in [5.41, 5.74) is 2.61. The first-order chi connectivity index (χ1) is 14.1. The zero-order chi connectivity index (χ0) is 20.2. The predicted molar refractivity (Wildman–Crippen MR) is 111 cm³/mol. The van der Waals surface area contributed by atoms with E-state index in [-0.39, 0.29) is 24.3 Å². The first-order valence-corrected chi connectivity index (χ1v) is 9.85. The molecule has 2 atom stereocenters. The molecule has 3 N–H and O–H groups in total. The number of carbonyl (C=O) groups excluding carboxylic acids is 1. The van der Waals surface area contributed by atoms with Crippen molar-refractivity contribution in [2.24, 2.45) is 11.8 Å². The van der Waals surface area contributed by atoms with Gasteiger partial charge in [0, 0.05) is 31.6 Å². The van der Waals surface area contributed by atoms with Crippen LogP contribution in [-0.4, -0.2) is 45.1 Å². The zero-order valence-electron chi connectivity index (χ0n) is 16.0. The van der Waals surface area contributed by atoms with Crippen LogP contribution in [0.3, 0.4) is 0 Å². The highest BCUT2D eigenvalue weighted by molar-refractivity contribution is 5.89. The molecule has 1 aliphatic rings. The normalized spacial score (nSPS) is 19.2. The molecule has 7 nitrogen and oxygen atoms in total. The molecule has 7 heteroatoms. The molecule has 2 amide bonds. The Morgan fingerprint density at radius 2 is 1.86 bits per heavy atom. The Morgan fingerprint density at radius 3 is 2.62 bits per heavy atom. The van der Waals surface area contributed by atoms with Gasteiger partial charge in [-0.25, -0.2) is 9.78 Å². The summed E-state index contributed by atoms with van der Waals surface area (Å²) >= 11 is 0. The zero-order valence-corrected chi connectivity index (χ0v) is 16.0. The van der Waals surface area contributed by atoms with E-state index in [0.717, 1.165) is 22.5 Å². The van der Waals surface area contributed by atoms with Gasteiger partial charge in [0.2, 0.25) is 0 Å². The number of carboxylic acids is 1. The van der Waals surface area contributed by atoms with Gasteiger partial charge in [0.15, 0.2) is 0 Å². The summed E-state index contributed by atoms with van der Waals surface area (Å²) in [4.78, 5) is 33.8. The number of nitrogens with one attached hydrogen (secondary N) is 2. The average molecular weight is 392 g/mol. The number of aromatic amines is 1. The van der Waals surface area contributed by atoms with Crippen LogP contribution in [0.15, 0.2) is 54.6 Å². The molecule has 4 rings (SSSR count). The monoisotopic (exact) mass is 392 g/mol. The summed E-state index contributed by atoms with van der Waals surface area (Å²) < 4.78 is 0. The summed E-state index contributed by atoms with van der Waals surface area (Å²) in [5, 5.41) is 12.2. The summed E-state index contributed by atoms with van der Waals surface area (Å²) in [7, 11) is 0. The van der Waals surface area contributed by atoms with Gasteiger partial charge in [0.1, 0.15) is 5.82 Å². The molecule has 1 aliphatic heterocycles. The van der Waals surface area contributed by atoms with Crippen molar-refractivity contribution in [3.05, 3.63) is 60.4 Å².